The van der Waals surface area contributed by atoms with Crippen molar-refractivity contribution in [1.82, 2.24) is 10.5 Å². The molecule has 2 rings (SSSR count). The largest absolute Gasteiger partial charge is 0.361 e. The van der Waals surface area contributed by atoms with Crippen molar-refractivity contribution in [2.24, 2.45) is 0 Å². The molecule has 1 heterocycles. The smallest absolute Gasteiger partial charge is 0.276 e. The predicted molar refractivity (Wildman–Crippen MR) is 76.5 cm³/mol. The van der Waals surface area contributed by atoms with Crippen molar-refractivity contribution < 1.29 is 14.4 Å². The molecule has 3 N–H and O–H groups in total. The Morgan fingerprint density at radius 1 is 1.38 bits per heavy atom. The third kappa shape index (κ3) is 3.55. The van der Waals surface area contributed by atoms with E-state index in [0.717, 1.165) is 18.1 Å². The Morgan fingerprint density at radius 2 is 2.10 bits per heavy atom. The van der Waals surface area contributed by atoms with E-state index in [1.165, 1.54) is 11.7 Å². The first kappa shape index (κ1) is 14.9. The summed E-state index contributed by atoms with van der Waals surface area (Å²) in [5.74, 6) is -1.38. The third-order valence-electron chi connectivity index (χ3n) is 3.13. The molecule has 0 radical (unpaired) electrons. The molecule has 0 fully saturated rings. The molecule has 0 saturated heterocycles. The number of amides is 1. The maximum absolute atomic E-state index is 14.0. The number of carbonyl (C=O) groups is 1. The molecule has 0 aliphatic heterocycles. The first-order chi connectivity index (χ1) is 10.2. The topological polar surface area (TPSA) is 74.2 Å². The van der Waals surface area contributed by atoms with Crippen molar-refractivity contribution in [1.29, 1.82) is 0 Å². The van der Waals surface area contributed by atoms with E-state index in [1.807, 2.05) is 37.3 Å². The number of hydrogen-bond donors (Lipinski definition) is 3. The van der Waals surface area contributed by atoms with Crippen molar-refractivity contribution in [3.63, 3.8) is 0 Å². The summed E-state index contributed by atoms with van der Waals surface area (Å²) in [4.78, 5) is 15.1. The van der Waals surface area contributed by atoms with Crippen molar-refractivity contribution in [3.8, 4) is 0 Å². The maximum Gasteiger partial charge on any atom is 0.276 e. The first-order valence-electron chi connectivity index (χ1n) is 6.57. The number of aromatic nitrogens is 1. The van der Waals surface area contributed by atoms with Crippen LogP contribution in [0.1, 0.15) is 35.3 Å². The van der Waals surface area contributed by atoms with E-state index < -0.39 is 11.7 Å². The first-order valence-corrected chi connectivity index (χ1v) is 6.57. The molecule has 0 aliphatic carbocycles. The highest BCUT2D eigenvalue weighted by Crippen LogP contribution is 2.23. The number of halogens is 1. The molecular weight excluding hydrogens is 273 g/mol. The van der Waals surface area contributed by atoms with Gasteiger partial charge in [0.15, 0.2) is 11.6 Å². The minimum Gasteiger partial charge on any atom is -0.361 e. The van der Waals surface area contributed by atoms with E-state index in [2.05, 4.69) is 10.3 Å². The average Bonchev–Trinajstić information content (AvgIpc) is 2.53. The van der Waals surface area contributed by atoms with E-state index in [4.69, 9.17) is 5.21 Å². The number of nitrogens with zero attached hydrogens (tertiary/aromatic N) is 1. The number of pyridine rings is 1. The summed E-state index contributed by atoms with van der Waals surface area (Å²) in [5, 5.41) is 11.5. The number of anilines is 1. The molecule has 0 unspecified atom stereocenters. The van der Waals surface area contributed by atoms with Crippen LogP contribution in [0.25, 0.3) is 0 Å². The Kier molecular flexibility index (Phi) is 4.84. The number of benzene rings is 1. The molecule has 110 valence electrons. The Morgan fingerprint density at radius 3 is 2.67 bits per heavy atom. The second kappa shape index (κ2) is 6.81. The second-order valence-electron chi connectivity index (χ2n) is 4.51. The molecular formula is C15H16FN3O2. The Hall–Kier alpha value is -2.47. The van der Waals surface area contributed by atoms with Crippen LogP contribution in [0.4, 0.5) is 10.2 Å². The van der Waals surface area contributed by atoms with E-state index in [1.54, 1.807) is 0 Å². The Labute approximate surface area is 121 Å². The molecule has 0 bridgehead atoms. The Balaban J connectivity index is 2.20. The molecule has 0 saturated carbocycles. The number of carbonyl (C=O) groups excluding carboxylic acids is 1. The summed E-state index contributed by atoms with van der Waals surface area (Å²) in [7, 11) is 0. The number of rotatable bonds is 5. The molecule has 1 atom stereocenters. The molecule has 1 aromatic heterocycles. The zero-order valence-electron chi connectivity index (χ0n) is 11.5. The summed E-state index contributed by atoms with van der Waals surface area (Å²) >= 11 is 0. The fourth-order valence-electron chi connectivity index (χ4n) is 2.00. The van der Waals surface area contributed by atoms with E-state index in [9.17, 15) is 9.18 Å². The van der Waals surface area contributed by atoms with Gasteiger partial charge in [-0.05, 0) is 18.1 Å². The van der Waals surface area contributed by atoms with Crippen LogP contribution in [0.15, 0.2) is 42.6 Å². The van der Waals surface area contributed by atoms with Gasteiger partial charge in [-0.15, -0.1) is 0 Å². The standard InChI is InChI=1S/C15H16FN3O2/c1-2-13(10-6-4-3-5-7-10)18-14-12(16)8-11(9-17-14)15(20)19-21/h3-9,13,21H,2H2,1H3,(H,17,18)(H,19,20)/t13-/m0/s1. The molecule has 1 amide bonds. The van der Waals surface area contributed by atoms with Gasteiger partial charge in [-0.25, -0.2) is 14.9 Å². The van der Waals surface area contributed by atoms with Crippen LogP contribution in [0.3, 0.4) is 0 Å². The van der Waals surface area contributed by atoms with Gasteiger partial charge >= 0.3 is 0 Å². The van der Waals surface area contributed by atoms with Crippen molar-refractivity contribution in [3.05, 3.63) is 59.5 Å². The molecule has 0 spiro atoms. The van der Waals surface area contributed by atoms with Crippen LogP contribution in [0, 0.1) is 5.82 Å². The van der Waals surface area contributed by atoms with Crippen LogP contribution in [-0.4, -0.2) is 16.1 Å². The van der Waals surface area contributed by atoms with Gasteiger partial charge in [-0.3, -0.25) is 10.0 Å². The SMILES string of the molecule is CC[C@H](Nc1ncc(C(=O)NO)cc1F)c1ccccc1. The fraction of sp³-hybridized carbons (Fsp3) is 0.200. The lowest BCUT2D eigenvalue weighted by molar-refractivity contribution is 0.0705. The van der Waals surface area contributed by atoms with Gasteiger partial charge in [0.05, 0.1) is 11.6 Å². The summed E-state index contributed by atoms with van der Waals surface area (Å²) < 4.78 is 14.0. The van der Waals surface area contributed by atoms with Gasteiger partial charge in [-0.2, -0.15) is 0 Å². The monoisotopic (exact) mass is 289 g/mol. The molecule has 0 aliphatic rings. The van der Waals surface area contributed by atoms with Crippen LogP contribution in [-0.2, 0) is 0 Å². The summed E-state index contributed by atoms with van der Waals surface area (Å²) in [6.07, 6.45) is 1.96. The number of hydroxylamine groups is 1. The predicted octanol–water partition coefficient (Wildman–Crippen LogP) is 2.90. The van der Waals surface area contributed by atoms with Crippen LogP contribution in [0.5, 0.6) is 0 Å². The van der Waals surface area contributed by atoms with Gasteiger partial charge in [0.2, 0.25) is 0 Å². The quantitative estimate of drug-likeness (QED) is 0.584. The van der Waals surface area contributed by atoms with Crippen LogP contribution < -0.4 is 10.8 Å². The zero-order chi connectivity index (χ0) is 15.2. The zero-order valence-corrected chi connectivity index (χ0v) is 11.5. The van der Waals surface area contributed by atoms with Gasteiger partial charge in [-0.1, -0.05) is 37.3 Å². The number of nitrogens with one attached hydrogen (secondary N) is 2. The minimum absolute atomic E-state index is 0.0479. The molecule has 5 nitrogen and oxygen atoms in total. The fourth-order valence-corrected chi connectivity index (χ4v) is 2.00. The highest BCUT2D eigenvalue weighted by atomic mass is 19.1. The van der Waals surface area contributed by atoms with Crippen molar-refractivity contribution >= 4 is 11.7 Å². The lowest BCUT2D eigenvalue weighted by Gasteiger charge is -2.18. The molecule has 1 aromatic carbocycles. The average molecular weight is 289 g/mol. The van der Waals surface area contributed by atoms with Gasteiger partial charge < -0.3 is 5.32 Å². The second-order valence-corrected chi connectivity index (χ2v) is 4.51. The van der Waals surface area contributed by atoms with Gasteiger partial charge in [0, 0.05) is 6.20 Å². The third-order valence-corrected chi connectivity index (χ3v) is 3.13. The number of hydrogen-bond acceptors (Lipinski definition) is 4. The minimum atomic E-state index is -0.803. The maximum atomic E-state index is 14.0. The van der Waals surface area contributed by atoms with Crippen LogP contribution in [0.2, 0.25) is 0 Å². The lowest BCUT2D eigenvalue weighted by Crippen LogP contribution is -2.19. The van der Waals surface area contributed by atoms with E-state index in [-0.39, 0.29) is 17.4 Å². The van der Waals surface area contributed by atoms with Crippen LogP contribution >= 0.6 is 0 Å². The molecule has 2 aromatic rings. The summed E-state index contributed by atoms with van der Waals surface area (Å²) in [5.41, 5.74) is 2.42. The van der Waals surface area contributed by atoms with Crippen molar-refractivity contribution in [2.75, 3.05) is 5.32 Å². The Bertz CT molecular complexity index is 620. The molecule has 21 heavy (non-hydrogen) atoms. The summed E-state index contributed by atoms with van der Waals surface area (Å²) in [6.45, 7) is 1.98. The van der Waals surface area contributed by atoms with E-state index >= 15 is 0 Å². The van der Waals surface area contributed by atoms with Crippen molar-refractivity contribution in [2.45, 2.75) is 19.4 Å². The lowest BCUT2D eigenvalue weighted by atomic mass is 10.0. The van der Waals surface area contributed by atoms with Gasteiger partial charge in [0.25, 0.3) is 5.91 Å². The normalized spacial score (nSPS) is 11.8. The van der Waals surface area contributed by atoms with E-state index in [0.29, 0.717) is 0 Å². The highest BCUT2D eigenvalue weighted by Gasteiger charge is 2.14. The summed E-state index contributed by atoms with van der Waals surface area (Å²) in [6, 6.07) is 10.6. The highest BCUT2D eigenvalue weighted by molar-refractivity contribution is 5.93. The molecule has 6 heteroatoms. The van der Waals surface area contributed by atoms with Gasteiger partial charge in [0.1, 0.15) is 0 Å².